The van der Waals surface area contributed by atoms with Gasteiger partial charge in [0, 0.05) is 10.8 Å². The van der Waals surface area contributed by atoms with Gasteiger partial charge in [0.2, 0.25) is 0 Å². The second kappa shape index (κ2) is 9.85. The predicted octanol–water partition coefficient (Wildman–Crippen LogP) is 9.61. The fourth-order valence-corrected chi connectivity index (χ4v) is 11.0. The van der Waals surface area contributed by atoms with Crippen molar-refractivity contribution in [2.24, 2.45) is 21.7 Å². The number of hydrogen-bond donors (Lipinski definition) is 0. The molecule has 0 bridgehead atoms. The standard InChI is InChI=1S/C34H52O2/c1-5-9-17-25-27-19-13-15-23-31(27)32-24-16-14-20-28(32)26(18-10-6-2)30(36)34(32,22-12-8-4)33(31,29(25)35)21-11-7-3/h5-24H2,1-4H3/t31-,32-,33-,34-/m1/s1. The van der Waals surface area contributed by atoms with Gasteiger partial charge in [-0.15, -0.1) is 0 Å². The third-order valence-corrected chi connectivity index (χ3v) is 11.8. The molecule has 5 rings (SSSR count). The molecular formula is C34H52O2. The highest BCUT2D eigenvalue weighted by molar-refractivity contribution is 6.17. The van der Waals surface area contributed by atoms with Crippen molar-refractivity contribution in [2.45, 2.75) is 156 Å². The first-order chi connectivity index (χ1) is 17.5. The second-order valence-electron chi connectivity index (χ2n) is 13.0. The van der Waals surface area contributed by atoms with Crippen LogP contribution in [0.15, 0.2) is 22.3 Å². The molecule has 200 valence electrons. The number of fused-ring (bicyclic) bond motifs is 1. The zero-order valence-corrected chi connectivity index (χ0v) is 24.0. The molecule has 0 heterocycles. The minimum atomic E-state index is -0.447. The second-order valence-corrected chi connectivity index (χ2v) is 13.0. The quantitative estimate of drug-likeness (QED) is 0.272. The van der Waals surface area contributed by atoms with Crippen molar-refractivity contribution < 1.29 is 9.59 Å². The van der Waals surface area contributed by atoms with Gasteiger partial charge >= 0.3 is 0 Å². The van der Waals surface area contributed by atoms with E-state index in [1.165, 1.54) is 49.7 Å². The first kappa shape index (κ1) is 26.4. The molecule has 0 radical (unpaired) electrons. The lowest BCUT2D eigenvalue weighted by molar-refractivity contribution is -0.285. The van der Waals surface area contributed by atoms with Gasteiger partial charge in [0.15, 0.2) is 11.6 Å². The molecule has 0 amide bonds. The molecule has 0 aromatic rings. The molecule has 36 heavy (non-hydrogen) atoms. The van der Waals surface area contributed by atoms with Gasteiger partial charge in [-0.3, -0.25) is 9.59 Å². The van der Waals surface area contributed by atoms with Crippen LogP contribution < -0.4 is 0 Å². The average Bonchev–Trinajstić information content (AvgIpc) is 3.22. The molecule has 0 saturated heterocycles. The third-order valence-electron chi connectivity index (χ3n) is 11.8. The van der Waals surface area contributed by atoms with Crippen LogP contribution in [0.3, 0.4) is 0 Å². The molecule has 2 heteroatoms. The Labute approximate surface area is 221 Å². The number of hydrogen-bond acceptors (Lipinski definition) is 2. The molecule has 3 fully saturated rings. The number of carbonyl (C=O) groups excluding carboxylic acids is 2. The molecule has 3 saturated carbocycles. The summed E-state index contributed by atoms with van der Waals surface area (Å²) in [5.41, 5.74) is 4.63. The first-order valence-electron chi connectivity index (χ1n) is 16.1. The van der Waals surface area contributed by atoms with E-state index in [1.807, 2.05) is 0 Å². The van der Waals surface area contributed by atoms with Crippen LogP contribution in [0.2, 0.25) is 0 Å². The van der Waals surface area contributed by atoms with E-state index in [9.17, 15) is 0 Å². The molecule has 0 aliphatic heterocycles. The van der Waals surface area contributed by atoms with Gasteiger partial charge in [-0.2, -0.15) is 0 Å². The maximum absolute atomic E-state index is 15.1. The van der Waals surface area contributed by atoms with Crippen LogP contribution in [0.4, 0.5) is 0 Å². The predicted molar refractivity (Wildman–Crippen MR) is 149 cm³/mol. The lowest BCUT2D eigenvalue weighted by Gasteiger charge is -2.80. The van der Waals surface area contributed by atoms with Crippen molar-refractivity contribution in [3.63, 3.8) is 0 Å². The largest absolute Gasteiger partial charge is 0.294 e. The van der Waals surface area contributed by atoms with Crippen molar-refractivity contribution in [1.82, 2.24) is 0 Å². The monoisotopic (exact) mass is 492 g/mol. The van der Waals surface area contributed by atoms with E-state index in [-0.39, 0.29) is 10.8 Å². The Bertz CT molecular complexity index is 890. The van der Waals surface area contributed by atoms with E-state index in [0.29, 0.717) is 11.6 Å². The van der Waals surface area contributed by atoms with Gasteiger partial charge in [0.1, 0.15) is 0 Å². The van der Waals surface area contributed by atoms with Crippen LogP contribution in [0.5, 0.6) is 0 Å². The summed E-state index contributed by atoms with van der Waals surface area (Å²) >= 11 is 0. The summed E-state index contributed by atoms with van der Waals surface area (Å²) in [6, 6.07) is 0. The Hall–Kier alpha value is -1.18. The average molecular weight is 493 g/mol. The zero-order valence-electron chi connectivity index (χ0n) is 24.0. The lowest BCUT2D eigenvalue weighted by Crippen LogP contribution is -2.81. The summed E-state index contributed by atoms with van der Waals surface area (Å²) in [4.78, 5) is 30.2. The highest BCUT2D eigenvalue weighted by Gasteiger charge is 2.94. The van der Waals surface area contributed by atoms with E-state index in [4.69, 9.17) is 0 Å². The highest BCUT2D eigenvalue weighted by atomic mass is 16.1. The number of unbranched alkanes of at least 4 members (excludes halogenated alkanes) is 4. The van der Waals surface area contributed by atoms with Crippen molar-refractivity contribution in [3.8, 4) is 0 Å². The maximum Gasteiger partial charge on any atom is 0.166 e. The molecule has 0 aromatic carbocycles. The molecule has 2 spiro atoms. The number of allylic oxidation sites excluding steroid dienone is 4. The van der Waals surface area contributed by atoms with E-state index in [2.05, 4.69) is 27.7 Å². The molecule has 0 unspecified atom stereocenters. The van der Waals surface area contributed by atoms with E-state index >= 15 is 9.59 Å². The van der Waals surface area contributed by atoms with Crippen LogP contribution in [0.25, 0.3) is 0 Å². The highest BCUT2D eigenvalue weighted by Crippen LogP contribution is 2.94. The van der Waals surface area contributed by atoms with E-state index < -0.39 is 10.8 Å². The molecule has 0 aromatic heterocycles. The molecule has 5 aliphatic carbocycles. The summed E-state index contributed by atoms with van der Waals surface area (Å²) in [5.74, 6) is 0.941. The van der Waals surface area contributed by atoms with Gasteiger partial charge in [-0.05, 0) is 88.2 Å². The number of rotatable bonds is 12. The van der Waals surface area contributed by atoms with Crippen LogP contribution in [0.1, 0.15) is 156 Å². The van der Waals surface area contributed by atoms with Gasteiger partial charge in [-0.25, -0.2) is 0 Å². The minimum Gasteiger partial charge on any atom is -0.294 e. The van der Waals surface area contributed by atoms with Crippen molar-refractivity contribution in [2.75, 3.05) is 0 Å². The zero-order chi connectivity index (χ0) is 25.6. The van der Waals surface area contributed by atoms with Crippen LogP contribution in [-0.4, -0.2) is 11.6 Å². The maximum atomic E-state index is 15.1. The fraction of sp³-hybridized carbons (Fsp3) is 0.824. The minimum absolute atomic E-state index is 0.0410. The summed E-state index contributed by atoms with van der Waals surface area (Å²) in [7, 11) is 0. The van der Waals surface area contributed by atoms with Gasteiger partial charge in [-0.1, -0.05) is 90.2 Å². The lowest BCUT2D eigenvalue weighted by atomic mass is 9.19. The SMILES string of the molecule is CCCCC1=C2CCCC[C@@]23[C@@](CCCC)(C1=O)[C@]1(CCCC)C(=O)C(CCCC)=C2CCCC[C@]213. The number of carbonyl (C=O) groups is 2. The van der Waals surface area contributed by atoms with Crippen LogP contribution in [0, 0.1) is 21.7 Å². The number of ketones is 2. The summed E-state index contributed by atoms with van der Waals surface area (Å²) in [6.45, 7) is 9.06. The van der Waals surface area contributed by atoms with Gasteiger partial charge < -0.3 is 0 Å². The summed E-state index contributed by atoms with van der Waals surface area (Å²) < 4.78 is 0. The molecule has 4 atom stereocenters. The Morgan fingerprint density at radius 2 is 0.944 bits per heavy atom. The summed E-state index contributed by atoms with van der Waals surface area (Å²) in [5, 5.41) is 0. The van der Waals surface area contributed by atoms with Crippen LogP contribution in [-0.2, 0) is 9.59 Å². The Balaban J connectivity index is 1.82. The van der Waals surface area contributed by atoms with E-state index in [1.54, 1.807) is 11.1 Å². The Morgan fingerprint density at radius 1 is 0.556 bits per heavy atom. The van der Waals surface area contributed by atoms with Crippen molar-refractivity contribution in [3.05, 3.63) is 22.3 Å². The Morgan fingerprint density at radius 3 is 1.31 bits per heavy atom. The molecular weight excluding hydrogens is 440 g/mol. The van der Waals surface area contributed by atoms with Crippen molar-refractivity contribution >= 4 is 11.6 Å². The third kappa shape index (κ3) is 2.81. The fourth-order valence-electron chi connectivity index (χ4n) is 11.0. The first-order valence-corrected chi connectivity index (χ1v) is 16.1. The number of Topliss-reactive ketones (excluding diaryl/α,β-unsaturated/α-hetero) is 2. The topological polar surface area (TPSA) is 34.1 Å². The molecule has 0 N–H and O–H groups in total. The Kier molecular flexibility index (Phi) is 7.23. The normalized spacial score (nSPS) is 37.1. The smallest absolute Gasteiger partial charge is 0.166 e. The van der Waals surface area contributed by atoms with Crippen LogP contribution >= 0.6 is 0 Å². The van der Waals surface area contributed by atoms with Gasteiger partial charge in [0.05, 0.1) is 10.8 Å². The van der Waals surface area contributed by atoms with Crippen molar-refractivity contribution in [1.29, 1.82) is 0 Å². The van der Waals surface area contributed by atoms with E-state index in [0.717, 1.165) is 89.9 Å². The molecule has 5 aliphatic rings. The molecule has 2 nitrogen and oxygen atoms in total. The van der Waals surface area contributed by atoms with Gasteiger partial charge in [0.25, 0.3) is 0 Å². The summed E-state index contributed by atoms with van der Waals surface area (Å²) in [6.07, 6.45) is 22.2.